The van der Waals surface area contributed by atoms with Gasteiger partial charge in [0.15, 0.2) is 0 Å². The largest absolute Gasteiger partial charge is 0.216 e. The molecule has 0 saturated heterocycles. The van der Waals surface area contributed by atoms with Gasteiger partial charge < -0.3 is 0 Å². The van der Waals surface area contributed by atoms with Crippen molar-refractivity contribution in [3.8, 4) is 0 Å². The van der Waals surface area contributed by atoms with Gasteiger partial charge >= 0.3 is 0 Å². The molecule has 66 valence electrons. The molecule has 0 N–H and O–H groups in total. The van der Waals surface area contributed by atoms with Crippen molar-refractivity contribution in [3.63, 3.8) is 0 Å². The summed E-state index contributed by atoms with van der Waals surface area (Å²) in [6, 6.07) is 5.24. The van der Waals surface area contributed by atoms with E-state index in [0.29, 0.717) is 10.6 Å². The zero-order valence-corrected chi connectivity index (χ0v) is 9.27. The van der Waals surface area contributed by atoms with Crippen LogP contribution in [0.3, 0.4) is 0 Å². The van der Waals surface area contributed by atoms with Crippen molar-refractivity contribution in [1.82, 2.24) is 0 Å². The molecule has 0 spiro atoms. The average molecular weight is 244 g/mol. The van der Waals surface area contributed by atoms with Gasteiger partial charge in [0.05, 0.1) is 0 Å². The smallest absolute Gasteiger partial charge is 0.0843 e. The first kappa shape index (κ1) is 10.5. The lowest BCUT2D eigenvalue weighted by Gasteiger charge is -2.14. The van der Waals surface area contributed by atoms with Crippen LogP contribution < -0.4 is 0 Å². The molecular weight excluding hydrogens is 238 g/mol. The normalized spacial score (nSPS) is 11.8. The molecule has 0 aliphatic rings. The average Bonchev–Trinajstić information content (AvgIpc) is 1.92. The third kappa shape index (κ3) is 2.43. The lowest BCUT2D eigenvalue weighted by Crippen LogP contribution is -2.02. The molecule has 0 aliphatic carbocycles. The maximum atomic E-state index is 5.75. The maximum absolute atomic E-state index is 5.75. The van der Waals surface area contributed by atoms with Crippen molar-refractivity contribution in [2.24, 2.45) is 0 Å². The van der Waals surface area contributed by atoms with E-state index in [9.17, 15) is 0 Å². The quantitative estimate of drug-likeness (QED) is 0.590. The molecule has 12 heavy (non-hydrogen) atoms. The highest BCUT2D eigenvalue weighted by Crippen LogP contribution is 2.40. The lowest BCUT2D eigenvalue weighted by atomic mass is 10.1. The lowest BCUT2D eigenvalue weighted by molar-refractivity contribution is 1.19. The van der Waals surface area contributed by atoms with Crippen LogP contribution in [0.2, 0.25) is 5.02 Å². The standard InChI is InChI=1S/C8H6Cl4/c1-5-2-3-6(9)4-7(5)8(10,11)12/h2-4H,1H3. The summed E-state index contributed by atoms with van der Waals surface area (Å²) in [7, 11) is 0. The van der Waals surface area contributed by atoms with Crippen molar-refractivity contribution in [2.45, 2.75) is 10.7 Å². The second kappa shape index (κ2) is 3.63. The van der Waals surface area contributed by atoms with E-state index in [1.165, 1.54) is 0 Å². The van der Waals surface area contributed by atoms with Crippen LogP contribution in [0, 0.1) is 6.92 Å². The van der Waals surface area contributed by atoms with Crippen LogP contribution >= 0.6 is 46.4 Å². The van der Waals surface area contributed by atoms with Crippen molar-refractivity contribution in [3.05, 3.63) is 34.3 Å². The molecule has 1 rings (SSSR count). The first-order chi connectivity index (χ1) is 5.41. The van der Waals surface area contributed by atoms with Gasteiger partial charge in [-0.05, 0) is 24.6 Å². The molecule has 0 aliphatic heterocycles. The Balaban J connectivity index is 3.23. The predicted octanol–water partition coefficient (Wildman–Crippen LogP) is 4.48. The van der Waals surface area contributed by atoms with Gasteiger partial charge in [-0.3, -0.25) is 0 Å². The Kier molecular flexibility index (Phi) is 3.16. The topological polar surface area (TPSA) is 0 Å². The molecule has 4 heteroatoms. The Morgan fingerprint density at radius 2 is 1.75 bits per heavy atom. The van der Waals surface area contributed by atoms with Gasteiger partial charge in [-0.25, -0.2) is 0 Å². The minimum absolute atomic E-state index is 0.571. The summed E-state index contributed by atoms with van der Waals surface area (Å²) in [5.74, 6) is 0. The highest BCUT2D eigenvalue weighted by molar-refractivity contribution is 6.66. The Hall–Kier alpha value is 0.380. The molecule has 1 aromatic rings. The fourth-order valence-electron chi connectivity index (χ4n) is 0.900. The van der Waals surface area contributed by atoms with Gasteiger partial charge in [0, 0.05) is 10.6 Å². The summed E-state index contributed by atoms with van der Waals surface area (Å²) in [4.78, 5) is 0. The van der Waals surface area contributed by atoms with E-state index in [1.54, 1.807) is 12.1 Å². The number of halogens is 4. The Bertz CT molecular complexity index is 288. The fourth-order valence-corrected chi connectivity index (χ4v) is 1.68. The van der Waals surface area contributed by atoms with Crippen LogP contribution in [0.5, 0.6) is 0 Å². The molecule has 0 saturated carbocycles. The highest BCUT2D eigenvalue weighted by atomic mass is 35.6. The predicted molar refractivity (Wildman–Crippen MR) is 55.4 cm³/mol. The summed E-state index contributed by atoms with van der Waals surface area (Å²) >= 11 is 22.9. The van der Waals surface area contributed by atoms with Crippen LogP contribution in [-0.2, 0) is 3.79 Å². The monoisotopic (exact) mass is 242 g/mol. The number of alkyl halides is 3. The van der Waals surface area contributed by atoms with Gasteiger partial charge in [0.2, 0.25) is 3.79 Å². The van der Waals surface area contributed by atoms with Crippen molar-refractivity contribution >= 4 is 46.4 Å². The second-order valence-corrected chi connectivity index (χ2v) is 5.17. The number of hydrogen-bond acceptors (Lipinski definition) is 0. The van der Waals surface area contributed by atoms with E-state index in [4.69, 9.17) is 46.4 Å². The van der Waals surface area contributed by atoms with Gasteiger partial charge in [-0.1, -0.05) is 52.5 Å². The molecule has 0 aromatic heterocycles. The Morgan fingerprint density at radius 1 is 1.17 bits per heavy atom. The minimum Gasteiger partial charge on any atom is -0.0843 e. The van der Waals surface area contributed by atoms with E-state index in [0.717, 1.165) is 5.56 Å². The molecule has 0 atom stereocenters. The molecule has 0 bridgehead atoms. The highest BCUT2D eigenvalue weighted by Gasteiger charge is 2.24. The Morgan fingerprint density at radius 3 is 2.17 bits per heavy atom. The SMILES string of the molecule is Cc1ccc(Cl)cc1C(Cl)(Cl)Cl. The van der Waals surface area contributed by atoms with E-state index < -0.39 is 3.79 Å². The molecular formula is C8H6Cl4. The maximum Gasteiger partial charge on any atom is 0.216 e. The third-order valence-corrected chi connectivity index (χ3v) is 2.35. The molecule has 0 heterocycles. The zero-order chi connectivity index (χ0) is 9.35. The third-order valence-electron chi connectivity index (χ3n) is 1.51. The zero-order valence-electron chi connectivity index (χ0n) is 6.24. The molecule has 0 nitrogen and oxygen atoms in total. The van der Waals surface area contributed by atoms with Crippen molar-refractivity contribution in [2.75, 3.05) is 0 Å². The van der Waals surface area contributed by atoms with Gasteiger partial charge in [0.1, 0.15) is 0 Å². The van der Waals surface area contributed by atoms with Crippen LogP contribution in [0.1, 0.15) is 11.1 Å². The summed E-state index contributed by atoms with van der Waals surface area (Å²) in [5.41, 5.74) is 1.54. The number of benzene rings is 1. The molecule has 0 radical (unpaired) electrons. The van der Waals surface area contributed by atoms with Crippen LogP contribution in [0.15, 0.2) is 18.2 Å². The van der Waals surface area contributed by atoms with Crippen LogP contribution in [0.4, 0.5) is 0 Å². The molecule has 0 unspecified atom stereocenters. The molecule has 0 fully saturated rings. The number of hydrogen-bond donors (Lipinski definition) is 0. The van der Waals surface area contributed by atoms with Gasteiger partial charge in [-0.2, -0.15) is 0 Å². The second-order valence-electron chi connectivity index (χ2n) is 2.46. The fraction of sp³-hybridized carbons (Fsp3) is 0.250. The van der Waals surface area contributed by atoms with E-state index in [2.05, 4.69) is 0 Å². The number of rotatable bonds is 0. The summed E-state index contributed by atoms with van der Waals surface area (Å²) in [5, 5.41) is 0.571. The van der Waals surface area contributed by atoms with E-state index >= 15 is 0 Å². The first-order valence-electron chi connectivity index (χ1n) is 3.24. The van der Waals surface area contributed by atoms with Crippen molar-refractivity contribution in [1.29, 1.82) is 0 Å². The van der Waals surface area contributed by atoms with Crippen LogP contribution in [0.25, 0.3) is 0 Å². The summed E-state index contributed by atoms with van der Waals surface area (Å²) in [6.07, 6.45) is 0. The van der Waals surface area contributed by atoms with Crippen LogP contribution in [-0.4, -0.2) is 0 Å². The molecule has 1 aromatic carbocycles. The summed E-state index contributed by atoms with van der Waals surface area (Å²) < 4.78 is -1.39. The van der Waals surface area contributed by atoms with E-state index in [1.807, 2.05) is 13.0 Å². The van der Waals surface area contributed by atoms with E-state index in [-0.39, 0.29) is 0 Å². The number of aryl methyl sites for hydroxylation is 1. The van der Waals surface area contributed by atoms with Gasteiger partial charge in [0.25, 0.3) is 0 Å². The van der Waals surface area contributed by atoms with Crippen molar-refractivity contribution < 1.29 is 0 Å². The van der Waals surface area contributed by atoms with Gasteiger partial charge in [-0.15, -0.1) is 0 Å². The Labute approximate surface area is 91.4 Å². The molecule has 0 amide bonds. The minimum atomic E-state index is -1.39. The first-order valence-corrected chi connectivity index (χ1v) is 4.76. The summed E-state index contributed by atoms with van der Waals surface area (Å²) in [6.45, 7) is 1.87.